The number of rotatable bonds is 1. The molecule has 0 spiro atoms. The van der Waals surface area contributed by atoms with Crippen LogP contribution in [0.4, 0.5) is 11.5 Å². The van der Waals surface area contributed by atoms with Crippen LogP contribution < -0.4 is 10.6 Å². The second-order valence-electron chi connectivity index (χ2n) is 6.08. The fraction of sp³-hybridized carbons (Fsp3) is 0.278. The largest absolute Gasteiger partial charge is 0.383 e. The Kier molecular flexibility index (Phi) is 3.49. The molecule has 24 heavy (non-hydrogen) atoms. The number of benzene rings is 1. The number of thiophene rings is 1. The molecule has 122 valence electrons. The van der Waals surface area contributed by atoms with Crippen LogP contribution in [-0.4, -0.2) is 22.4 Å². The van der Waals surface area contributed by atoms with Crippen molar-refractivity contribution in [1.29, 1.82) is 0 Å². The number of nitrogen functional groups attached to an aromatic ring is 1. The molecule has 0 saturated heterocycles. The Hall–Kier alpha value is -2.47. The summed E-state index contributed by atoms with van der Waals surface area (Å²) in [5.74, 6) is 1.10. The van der Waals surface area contributed by atoms with Crippen molar-refractivity contribution in [2.45, 2.75) is 26.7 Å². The lowest BCUT2D eigenvalue weighted by atomic mass is 10.0. The first kappa shape index (κ1) is 15.1. The molecule has 4 rings (SSSR count). The van der Waals surface area contributed by atoms with Crippen LogP contribution in [0.5, 0.6) is 0 Å². The molecule has 6 heteroatoms. The van der Waals surface area contributed by atoms with Crippen LogP contribution in [0.3, 0.4) is 0 Å². The minimum absolute atomic E-state index is 0.0275. The van der Waals surface area contributed by atoms with Crippen molar-refractivity contribution in [2.75, 3.05) is 17.2 Å². The van der Waals surface area contributed by atoms with Crippen molar-refractivity contribution >= 4 is 39.0 Å². The first-order valence-corrected chi connectivity index (χ1v) is 8.81. The maximum atomic E-state index is 13.2. The summed E-state index contributed by atoms with van der Waals surface area (Å²) in [6.45, 7) is 4.48. The zero-order valence-corrected chi connectivity index (χ0v) is 14.5. The molecule has 2 N–H and O–H groups in total. The first-order valence-electron chi connectivity index (χ1n) is 7.99. The Labute approximate surface area is 144 Å². The lowest BCUT2D eigenvalue weighted by molar-refractivity contribution is 0.0988. The van der Waals surface area contributed by atoms with E-state index in [0.717, 1.165) is 40.9 Å². The van der Waals surface area contributed by atoms with E-state index in [2.05, 4.69) is 16.0 Å². The van der Waals surface area contributed by atoms with Gasteiger partial charge in [0.25, 0.3) is 5.91 Å². The van der Waals surface area contributed by atoms with Crippen LogP contribution >= 0.6 is 11.3 Å². The normalized spacial score (nSPS) is 14.0. The predicted molar refractivity (Wildman–Crippen MR) is 97.7 cm³/mol. The van der Waals surface area contributed by atoms with Gasteiger partial charge in [-0.15, -0.1) is 11.3 Å². The van der Waals surface area contributed by atoms with Gasteiger partial charge >= 0.3 is 0 Å². The van der Waals surface area contributed by atoms with Gasteiger partial charge < -0.3 is 10.6 Å². The highest BCUT2D eigenvalue weighted by Gasteiger charge is 2.27. The lowest BCUT2D eigenvalue weighted by Gasteiger charge is -2.29. The van der Waals surface area contributed by atoms with Crippen LogP contribution in [0, 0.1) is 13.8 Å². The molecular formula is C18H18N4OS. The number of hydrogen-bond acceptors (Lipinski definition) is 5. The van der Waals surface area contributed by atoms with Gasteiger partial charge in [-0.3, -0.25) is 4.79 Å². The quantitative estimate of drug-likeness (QED) is 0.737. The van der Waals surface area contributed by atoms with Crippen LogP contribution in [0.1, 0.15) is 33.0 Å². The monoisotopic (exact) mass is 338 g/mol. The second-order valence-corrected chi connectivity index (χ2v) is 7.08. The third kappa shape index (κ3) is 2.26. The maximum absolute atomic E-state index is 13.2. The SMILES string of the molecule is Cc1nc(N)c2c(C)c(C(=O)N3CCCc4ccccc43)sc2n1. The molecule has 0 fully saturated rings. The second kappa shape index (κ2) is 5.56. The topological polar surface area (TPSA) is 72.1 Å². The minimum atomic E-state index is 0.0275. The van der Waals surface area contributed by atoms with Crippen LogP contribution in [-0.2, 0) is 6.42 Å². The molecule has 1 aliphatic rings. The van der Waals surface area contributed by atoms with Crippen molar-refractivity contribution in [1.82, 2.24) is 9.97 Å². The Balaban J connectivity index is 1.83. The van der Waals surface area contributed by atoms with Crippen molar-refractivity contribution in [3.63, 3.8) is 0 Å². The number of hydrogen-bond donors (Lipinski definition) is 1. The highest BCUT2D eigenvalue weighted by atomic mass is 32.1. The molecule has 1 amide bonds. The van der Waals surface area contributed by atoms with Crippen molar-refractivity contribution in [2.24, 2.45) is 0 Å². The number of nitrogens with two attached hydrogens (primary N) is 1. The third-order valence-corrected chi connectivity index (χ3v) is 5.65. The summed E-state index contributed by atoms with van der Waals surface area (Å²) >= 11 is 1.41. The summed E-state index contributed by atoms with van der Waals surface area (Å²) < 4.78 is 0. The first-order chi connectivity index (χ1) is 11.6. The van der Waals surface area contributed by atoms with Crippen molar-refractivity contribution in [3.05, 3.63) is 46.1 Å². The number of para-hydroxylation sites is 1. The summed E-state index contributed by atoms with van der Waals surface area (Å²) in [5.41, 5.74) is 9.17. The molecule has 1 aromatic carbocycles. The Morgan fingerprint density at radius 2 is 2.04 bits per heavy atom. The number of anilines is 2. The smallest absolute Gasteiger partial charge is 0.268 e. The number of fused-ring (bicyclic) bond motifs is 2. The number of aryl methyl sites for hydroxylation is 3. The maximum Gasteiger partial charge on any atom is 0.268 e. The zero-order valence-electron chi connectivity index (χ0n) is 13.7. The fourth-order valence-electron chi connectivity index (χ4n) is 3.35. The average molecular weight is 338 g/mol. The third-order valence-electron chi connectivity index (χ3n) is 4.48. The van der Waals surface area contributed by atoms with E-state index in [1.165, 1.54) is 16.9 Å². The number of aromatic nitrogens is 2. The number of carbonyl (C=O) groups excluding carboxylic acids is 1. The summed E-state index contributed by atoms with van der Waals surface area (Å²) in [5, 5.41) is 0.805. The number of carbonyl (C=O) groups is 1. The molecule has 0 bridgehead atoms. The predicted octanol–water partition coefficient (Wildman–Crippen LogP) is 3.48. The Morgan fingerprint density at radius 1 is 1.25 bits per heavy atom. The summed E-state index contributed by atoms with van der Waals surface area (Å²) in [7, 11) is 0. The molecule has 0 saturated carbocycles. The van der Waals surface area contributed by atoms with Crippen LogP contribution in [0.2, 0.25) is 0 Å². The number of amides is 1. The van der Waals surface area contributed by atoms with E-state index in [4.69, 9.17) is 5.73 Å². The summed E-state index contributed by atoms with van der Waals surface area (Å²) in [6, 6.07) is 8.12. The van der Waals surface area contributed by atoms with Gasteiger partial charge in [-0.1, -0.05) is 18.2 Å². The van der Waals surface area contributed by atoms with E-state index < -0.39 is 0 Å². The molecule has 0 aliphatic carbocycles. The Bertz CT molecular complexity index is 963. The van der Waals surface area contributed by atoms with Gasteiger partial charge in [0.05, 0.1) is 10.3 Å². The molecule has 5 nitrogen and oxygen atoms in total. The van der Waals surface area contributed by atoms with Gasteiger partial charge in [0.1, 0.15) is 16.5 Å². The molecule has 0 unspecified atom stereocenters. The van der Waals surface area contributed by atoms with E-state index in [0.29, 0.717) is 16.5 Å². The van der Waals surface area contributed by atoms with E-state index in [1.54, 1.807) is 0 Å². The van der Waals surface area contributed by atoms with Gasteiger partial charge in [-0.2, -0.15) is 0 Å². The van der Waals surface area contributed by atoms with E-state index in [-0.39, 0.29) is 5.91 Å². The van der Waals surface area contributed by atoms with Gasteiger partial charge in [0, 0.05) is 12.2 Å². The van der Waals surface area contributed by atoms with Crippen molar-refractivity contribution in [3.8, 4) is 0 Å². The van der Waals surface area contributed by atoms with E-state index in [1.807, 2.05) is 36.9 Å². The highest BCUT2D eigenvalue weighted by Crippen LogP contribution is 2.35. The molecule has 3 aromatic rings. The summed E-state index contributed by atoms with van der Waals surface area (Å²) in [6.07, 6.45) is 2.00. The Morgan fingerprint density at radius 3 is 2.88 bits per heavy atom. The van der Waals surface area contributed by atoms with Gasteiger partial charge in [-0.25, -0.2) is 9.97 Å². The van der Waals surface area contributed by atoms with E-state index >= 15 is 0 Å². The van der Waals surface area contributed by atoms with Gasteiger partial charge in [0.2, 0.25) is 0 Å². The minimum Gasteiger partial charge on any atom is -0.383 e. The molecule has 0 atom stereocenters. The van der Waals surface area contributed by atoms with Gasteiger partial charge in [0.15, 0.2) is 0 Å². The van der Waals surface area contributed by atoms with Crippen molar-refractivity contribution < 1.29 is 4.79 Å². The standard InChI is InChI=1S/C18H18N4OS/c1-10-14-16(19)20-11(2)21-17(14)24-15(10)18(23)22-9-5-7-12-6-3-4-8-13(12)22/h3-4,6,8H,5,7,9H2,1-2H3,(H2,19,20,21). The molecule has 1 aliphatic heterocycles. The number of nitrogens with zero attached hydrogens (tertiary/aromatic N) is 3. The van der Waals surface area contributed by atoms with Crippen LogP contribution in [0.15, 0.2) is 24.3 Å². The fourth-order valence-corrected chi connectivity index (χ4v) is 4.54. The zero-order chi connectivity index (χ0) is 16.8. The van der Waals surface area contributed by atoms with E-state index in [9.17, 15) is 4.79 Å². The molecule has 3 heterocycles. The lowest BCUT2D eigenvalue weighted by Crippen LogP contribution is -2.35. The highest BCUT2D eigenvalue weighted by molar-refractivity contribution is 7.20. The molecular weight excluding hydrogens is 320 g/mol. The van der Waals surface area contributed by atoms with Crippen LogP contribution in [0.25, 0.3) is 10.2 Å². The average Bonchev–Trinajstić information content (AvgIpc) is 2.90. The molecule has 0 radical (unpaired) electrons. The summed E-state index contributed by atoms with van der Waals surface area (Å²) in [4.78, 5) is 25.2. The molecule has 2 aromatic heterocycles. The van der Waals surface area contributed by atoms with Gasteiger partial charge in [-0.05, 0) is 43.9 Å².